The van der Waals surface area contributed by atoms with Gasteiger partial charge in [-0.05, 0) is 0 Å². The third-order valence-electron chi connectivity index (χ3n) is 2.01. The Morgan fingerprint density at radius 2 is 1.94 bits per heavy atom. The lowest BCUT2D eigenvalue weighted by Crippen LogP contribution is -2.28. The van der Waals surface area contributed by atoms with Crippen LogP contribution in [0.4, 0.5) is 20.2 Å². The van der Waals surface area contributed by atoms with Crippen LogP contribution >= 0.6 is 0 Å². The molecule has 0 aliphatic carbocycles. The predicted molar refractivity (Wildman–Crippen MR) is 54.6 cm³/mol. The van der Waals surface area contributed by atoms with Gasteiger partial charge in [0.25, 0.3) is 0 Å². The average Bonchev–Trinajstić information content (AvgIpc) is 2.24. The van der Waals surface area contributed by atoms with Crippen molar-refractivity contribution in [1.29, 1.82) is 0 Å². The van der Waals surface area contributed by atoms with Crippen molar-refractivity contribution in [3.05, 3.63) is 33.9 Å². The van der Waals surface area contributed by atoms with E-state index in [0.717, 1.165) is 6.07 Å². The molecule has 8 heteroatoms. The molecule has 0 saturated carbocycles. The van der Waals surface area contributed by atoms with E-state index in [2.05, 4.69) is 5.32 Å². The number of nitrogens with one attached hydrogen (secondary N) is 1. The standard InChI is InChI=1S/C9H10F2N2O4/c10-5-1-7(11)9(13(16)17)8(2-5)12-6(3-14)4-15/h1-2,6,12,14-15H,3-4H2. The van der Waals surface area contributed by atoms with Gasteiger partial charge in [0.15, 0.2) is 0 Å². The molecule has 94 valence electrons. The zero-order valence-corrected chi connectivity index (χ0v) is 8.56. The Morgan fingerprint density at radius 1 is 1.35 bits per heavy atom. The van der Waals surface area contributed by atoms with Crippen LogP contribution in [-0.4, -0.2) is 34.4 Å². The molecule has 0 bridgehead atoms. The van der Waals surface area contributed by atoms with Crippen molar-refractivity contribution in [3.63, 3.8) is 0 Å². The molecule has 6 nitrogen and oxygen atoms in total. The molecule has 0 radical (unpaired) electrons. The zero-order valence-electron chi connectivity index (χ0n) is 8.56. The summed E-state index contributed by atoms with van der Waals surface area (Å²) in [5.41, 5.74) is -1.36. The number of aliphatic hydroxyl groups is 2. The summed E-state index contributed by atoms with van der Waals surface area (Å²) in [7, 11) is 0. The monoisotopic (exact) mass is 248 g/mol. The first-order chi connectivity index (χ1) is 7.99. The van der Waals surface area contributed by atoms with E-state index < -0.39 is 47.2 Å². The van der Waals surface area contributed by atoms with Crippen LogP contribution in [0, 0.1) is 21.7 Å². The van der Waals surface area contributed by atoms with Crippen LogP contribution in [0.3, 0.4) is 0 Å². The third-order valence-corrected chi connectivity index (χ3v) is 2.01. The lowest BCUT2D eigenvalue weighted by Gasteiger charge is -2.14. The smallest absolute Gasteiger partial charge is 0.327 e. The van der Waals surface area contributed by atoms with Crippen molar-refractivity contribution in [1.82, 2.24) is 0 Å². The minimum atomic E-state index is -1.33. The van der Waals surface area contributed by atoms with Crippen LogP contribution in [-0.2, 0) is 0 Å². The van der Waals surface area contributed by atoms with Gasteiger partial charge in [-0.1, -0.05) is 0 Å². The van der Waals surface area contributed by atoms with Gasteiger partial charge >= 0.3 is 5.69 Å². The average molecular weight is 248 g/mol. The van der Waals surface area contributed by atoms with Crippen LogP contribution in [0.25, 0.3) is 0 Å². The van der Waals surface area contributed by atoms with Crippen molar-refractivity contribution in [2.75, 3.05) is 18.5 Å². The first kappa shape index (κ1) is 13.3. The van der Waals surface area contributed by atoms with Crippen LogP contribution in [0.1, 0.15) is 0 Å². The molecule has 0 aliphatic heterocycles. The molecule has 0 spiro atoms. The highest BCUT2D eigenvalue weighted by Gasteiger charge is 2.23. The summed E-state index contributed by atoms with van der Waals surface area (Å²) in [4.78, 5) is 9.58. The largest absolute Gasteiger partial charge is 0.394 e. The third kappa shape index (κ3) is 3.08. The minimum absolute atomic E-state index is 0.385. The number of hydrogen-bond donors (Lipinski definition) is 3. The van der Waals surface area contributed by atoms with E-state index in [0.29, 0.717) is 6.07 Å². The highest BCUT2D eigenvalue weighted by molar-refractivity contribution is 5.62. The molecule has 0 heterocycles. The van der Waals surface area contributed by atoms with E-state index in [1.165, 1.54) is 0 Å². The number of halogens is 2. The number of rotatable bonds is 5. The number of aliphatic hydroxyl groups excluding tert-OH is 2. The second kappa shape index (κ2) is 5.51. The van der Waals surface area contributed by atoms with Crippen molar-refractivity contribution in [3.8, 4) is 0 Å². The molecule has 0 saturated heterocycles. The molecule has 1 aromatic carbocycles. The Balaban J connectivity index is 3.16. The summed E-state index contributed by atoms with van der Waals surface area (Å²) < 4.78 is 26.1. The SMILES string of the molecule is O=[N+]([O-])c1c(F)cc(F)cc1NC(CO)CO. The molecule has 1 rings (SSSR count). The molecule has 1 aromatic rings. The first-order valence-corrected chi connectivity index (χ1v) is 4.61. The second-order valence-electron chi connectivity index (χ2n) is 3.25. The molecule has 0 aromatic heterocycles. The fourth-order valence-corrected chi connectivity index (χ4v) is 1.23. The Hall–Kier alpha value is -1.80. The van der Waals surface area contributed by atoms with Gasteiger partial charge in [0.05, 0.1) is 24.2 Å². The summed E-state index contributed by atoms with van der Waals surface area (Å²) in [5, 5.41) is 30.4. The minimum Gasteiger partial charge on any atom is -0.394 e. The zero-order chi connectivity index (χ0) is 13.0. The van der Waals surface area contributed by atoms with E-state index in [9.17, 15) is 18.9 Å². The number of nitro groups is 1. The molecular weight excluding hydrogens is 238 g/mol. The predicted octanol–water partition coefficient (Wildman–Crippen LogP) is 0.638. The molecule has 0 atom stereocenters. The Bertz CT molecular complexity index is 424. The van der Waals surface area contributed by atoms with Gasteiger partial charge in [-0.3, -0.25) is 10.1 Å². The van der Waals surface area contributed by atoms with E-state index >= 15 is 0 Å². The normalized spacial score (nSPS) is 10.6. The summed E-state index contributed by atoms with van der Waals surface area (Å²) in [6, 6.07) is 0.172. The Kier molecular flexibility index (Phi) is 4.30. The number of nitro benzene ring substituents is 1. The van der Waals surface area contributed by atoms with Crippen molar-refractivity contribution >= 4 is 11.4 Å². The van der Waals surface area contributed by atoms with Gasteiger partial charge in [-0.15, -0.1) is 0 Å². The lowest BCUT2D eigenvalue weighted by molar-refractivity contribution is -0.386. The maximum absolute atomic E-state index is 13.2. The van der Waals surface area contributed by atoms with Crippen LogP contribution in [0.15, 0.2) is 12.1 Å². The Labute approximate surface area is 94.6 Å². The summed E-state index contributed by atoms with van der Waals surface area (Å²) >= 11 is 0. The molecule has 0 unspecified atom stereocenters. The van der Waals surface area contributed by atoms with Crippen LogP contribution < -0.4 is 5.32 Å². The van der Waals surface area contributed by atoms with Gasteiger partial charge in [-0.2, -0.15) is 4.39 Å². The molecule has 3 N–H and O–H groups in total. The molecule has 0 amide bonds. The maximum atomic E-state index is 13.2. The second-order valence-corrected chi connectivity index (χ2v) is 3.25. The Morgan fingerprint density at radius 3 is 2.41 bits per heavy atom. The fraction of sp³-hybridized carbons (Fsp3) is 0.333. The van der Waals surface area contributed by atoms with E-state index in [1.54, 1.807) is 0 Å². The molecule has 0 aliphatic rings. The number of benzene rings is 1. The highest BCUT2D eigenvalue weighted by atomic mass is 19.1. The fourth-order valence-electron chi connectivity index (χ4n) is 1.23. The van der Waals surface area contributed by atoms with Gasteiger partial charge in [0.2, 0.25) is 5.82 Å². The van der Waals surface area contributed by atoms with Gasteiger partial charge in [-0.25, -0.2) is 4.39 Å². The number of nitrogens with zero attached hydrogens (tertiary/aromatic N) is 1. The summed E-state index contributed by atoms with van der Waals surface area (Å²) in [6.45, 7) is -1.07. The van der Waals surface area contributed by atoms with Crippen molar-refractivity contribution in [2.45, 2.75) is 6.04 Å². The van der Waals surface area contributed by atoms with Crippen molar-refractivity contribution in [2.24, 2.45) is 0 Å². The maximum Gasteiger partial charge on any atom is 0.327 e. The van der Waals surface area contributed by atoms with Crippen LogP contribution in [0.5, 0.6) is 0 Å². The van der Waals surface area contributed by atoms with Gasteiger partial charge in [0, 0.05) is 12.1 Å². The molecule has 0 fully saturated rings. The number of hydrogen-bond acceptors (Lipinski definition) is 5. The first-order valence-electron chi connectivity index (χ1n) is 4.61. The van der Waals surface area contributed by atoms with Crippen LogP contribution in [0.2, 0.25) is 0 Å². The van der Waals surface area contributed by atoms with Gasteiger partial charge < -0.3 is 15.5 Å². The molecule has 17 heavy (non-hydrogen) atoms. The highest BCUT2D eigenvalue weighted by Crippen LogP contribution is 2.29. The molecular formula is C9H10F2N2O4. The van der Waals surface area contributed by atoms with Crippen molar-refractivity contribution < 1.29 is 23.9 Å². The van der Waals surface area contributed by atoms with E-state index in [1.807, 2.05) is 0 Å². The topological polar surface area (TPSA) is 95.6 Å². The van der Waals surface area contributed by atoms with E-state index in [-0.39, 0.29) is 0 Å². The lowest BCUT2D eigenvalue weighted by atomic mass is 10.2. The number of anilines is 1. The van der Waals surface area contributed by atoms with Gasteiger partial charge in [0.1, 0.15) is 11.5 Å². The summed E-state index contributed by atoms with van der Waals surface area (Å²) in [6.07, 6.45) is 0. The summed E-state index contributed by atoms with van der Waals surface area (Å²) in [5.74, 6) is -2.32. The van der Waals surface area contributed by atoms with E-state index in [4.69, 9.17) is 10.2 Å². The quantitative estimate of drug-likeness (QED) is 0.525.